The minimum absolute atomic E-state index is 0.0136. The van der Waals surface area contributed by atoms with Gasteiger partial charge in [-0.2, -0.15) is 4.98 Å². The quantitative estimate of drug-likeness (QED) is 0.236. The molecular formula is C29H28F3N5O3. The van der Waals surface area contributed by atoms with E-state index in [9.17, 15) is 23.1 Å². The van der Waals surface area contributed by atoms with Gasteiger partial charge in [-0.1, -0.05) is 19.9 Å². The number of pyridine rings is 2. The fourth-order valence-electron chi connectivity index (χ4n) is 4.58. The molecule has 40 heavy (non-hydrogen) atoms. The largest absolute Gasteiger partial charge is 0.481 e. The fraction of sp³-hybridized carbons (Fsp3) is 0.276. The maximum absolute atomic E-state index is 13.7. The summed E-state index contributed by atoms with van der Waals surface area (Å²) in [4.78, 5) is 29.2. The van der Waals surface area contributed by atoms with Crippen molar-refractivity contribution in [2.45, 2.75) is 52.1 Å². The molecule has 3 N–H and O–H groups in total. The van der Waals surface area contributed by atoms with E-state index in [-0.39, 0.29) is 29.7 Å². The van der Waals surface area contributed by atoms with Crippen molar-refractivity contribution in [1.29, 1.82) is 0 Å². The number of carboxylic acid groups (broad SMARTS) is 1. The highest BCUT2D eigenvalue weighted by Crippen LogP contribution is 2.39. The summed E-state index contributed by atoms with van der Waals surface area (Å²) < 4.78 is 47.1. The Kier molecular flexibility index (Phi) is 8.32. The van der Waals surface area contributed by atoms with Crippen molar-refractivity contribution >= 4 is 11.9 Å². The van der Waals surface area contributed by atoms with Crippen LogP contribution in [0.5, 0.6) is 5.88 Å². The Bertz CT molecular complexity index is 1530. The second-order valence-corrected chi connectivity index (χ2v) is 9.24. The molecular weight excluding hydrogens is 523 g/mol. The predicted molar refractivity (Wildman–Crippen MR) is 143 cm³/mol. The average molecular weight is 552 g/mol. The molecule has 0 radical (unpaired) electrons. The second-order valence-electron chi connectivity index (χ2n) is 9.24. The zero-order valence-electron chi connectivity index (χ0n) is 22.2. The van der Waals surface area contributed by atoms with Crippen molar-refractivity contribution in [3.63, 3.8) is 0 Å². The lowest BCUT2D eigenvalue weighted by Crippen LogP contribution is -2.35. The Morgan fingerprint density at radius 3 is 2.33 bits per heavy atom. The lowest BCUT2D eigenvalue weighted by Gasteiger charge is -2.26. The molecule has 0 bridgehead atoms. The van der Waals surface area contributed by atoms with Crippen LogP contribution >= 0.6 is 0 Å². The van der Waals surface area contributed by atoms with E-state index in [1.165, 1.54) is 30.3 Å². The SMILES string of the molecule is CCC(CC)(C(=O)O)c1cccc(COc2nc(N)nc(-c3ccc(F)cc3)c2-c2cc(C)nc(C(F)F)c2)n1. The first kappa shape index (κ1) is 28.5. The summed E-state index contributed by atoms with van der Waals surface area (Å²) in [5, 5.41) is 9.92. The van der Waals surface area contributed by atoms with Crippen molar-refractivity contribution < 1.29 is 27.8 Å². The Morgan fingerprint density at radius 2 is 1.70 bits per heavy atom. The van der Waals surface area contributed by atoms with Gasteiger partial charge in [0.1, 0.15) is 23.5 Å². The van der Waals surface area contributed by atoms with Crippen LogP contribution in [0.15, 0.2) is 54.6 Å². The monoisotopic (exact) mass is 551 g/mol. The molecule has 0 saturated heterocycles. The number of rotatable bonds is 10. The van der Waals surface area contributed by atoms with Gasteiger partial charge in [0.2, 0.25) is 11.8 Å². The lowest BCUT2D eigenvalue weighted by molar-refractivity contribution is -0.144. The van der Waals surface area contributed by atoms with Gasteiger partial charge in [-0.3, -0.25) is 14.8 Å². The molecule has 0 atom stereocenters. The van der Waals surface area contributed by atoms with E-state index in [1.54, 1.807) is 45.0 Å². The predicted octanol–water partition coefficient (Wildman–Crippen LogP) is 6.29. The number of nitrogen functional groups attached to an aromatic ring is 1. The Morgan fingerprint density at radius 1 is 1.00 bits per heavy atom. The first-order chi connectivity index (χ1) is 19.1. The summed E-state index contributed by atoms with van der Waals surface area (Å²) in [7, 11) is 0. The molecule has 4 rings (SSSR count). The first-order valence-electron chi connectivity index (χ1n) is 12.6. The van der Waals surface area contributed by atoms with E-state index in [0.29, 0.717) is 41.1 Å². The number of nitrogens with zero attached hydrogens (tertiary/aromatic N) is 4. The highest BCUT2D eigenvalue weighted by molar-refractivity contribution is 5.85. The van der Waals surface area contributed by atoms with E-state index in [2.05, 4.69) is 19.9 Å². The van der Waals surface area contributed by atoms with Crippen LogP contribution in [0.2, 0.25) is 0 Å². The molecule has 0 aliphatic heterocycles. The number of ether oxygens (including phenoxy) is 1. The third-order valence-electron chi connectivity index (χ3n) is 6.77. The number of carbonyl (C=O) groups is 1. The number of carboxylic acids is 1. The number of aliphatic carboxylic acids is 1. The number of hydrogen-bond donors (Lipinski definition) is 2. The van der Waals surface area contributed by atoms with Gasteiger partial charge in [0.15, 0.2) is 0 Å². The number of nitrogens with two attached hydrogens (primary N) is 1. The standard InChI is InChI=1S/C29H28F3N5O3/c1-4-29(5-2,27(38)39)22-8-6-7-20(35-22)15-40-26-23(18-13-16(3)34-21(14-18)25(31)32)24(36-28(33)37-26)17-9-11-19(30)12-10-17/h6-14,25H,4-5,15H2,1-3H3,(H,38,39)(H2,33,36,37). The summed E-state index contributed by atoms with van der Waals surface area (Å²) in [6.45, 7) is 5.03. The summed E-state index contributed by atoms with van der Waals surface area (Å²) in [6.07, 6.45) is -2.14. The molecule has 0 saturated carbocycles. The van der Waals surface area contributed by atoms with Crippen LogP contribution < -0.4 is 10.5 Å². The smallest absolute Gasteiger partial charge is 0.315 e. The normalized spacial score (nSPS) is 11.6. The maximum atomic E-state index is 13.7. The number of aromatic nitrogens is 4. The number of alkyl halides is 2. The van der Waals surface area contributed by atoms with Crippen LogP contribution in [0.1, 0.15) is 55.9 Å². The Labute approximate surface area is 229 Å². The van der Waals surface area contributed by atoms with Crippen molar-refractivity contribution in [2.75, 3.05) is 5.73 Å². The van der Waals surface area contributed by atoms with E-state index < -0.39 is 29.3 Å². The van der Waals surface area contributed by atoms with Gasteiger partial charge in [-0.15, -0.1) is 0 Å². The molecule has 0 amide bonds. The average Bonchev–Trinajstić information content (AvgIpc) is 2.92. The Hall–Kier alpha value is -4.54. The molecule has 0 fully saturated rings. The molecule has 1 aromatic carbocycles. The van der Waals surface area contributed by atoms with Crippen LogP contribution in [0.25, 0.3) is 22.4 Å². The first-order valence-corrected chi connectivity index (χ1v) is 12.6. The molecule has 8 nitrogen and oxygen atoms in total. The van der Waals surface area contributed by atoms with Crippen molar-refractivity contribution in [3.05, 3.63) is 83.2 Å². The molecule has 3 heterocycles. The van der Waals surface area contributed by atoms with Gasteiger partial charge < -0.3 is 15.6 Å². The van der Waals surface area contributed by atoms with Crippen LogP contribution in [0, 0.1) is 12.7 Å². The molecule has 0 spiro atoms. The third-order valence-corrected chi connectivity index (χ3v) is 6.77. The number of hydrogen-bond acceptors (Lipinski definition) is 7. The maximum Gasteiger partial charge on any atom is 0.315 e. The molecule has 208 valence electrons. The van der Waals surface area contributed by atoms with E-state index in [4.69, 9.17) is 10.5 Å². The van der Waals surface area contributed by atoms with Gasteiger partial charge in [0.05, 0.1) is 22.6 Å². The fourth-order valence-corrected chi connectivity index (χ4v) is 4.58. The van der Waals surface area contributed by atoms with Crippen LogP contribution in [0.3, 0.4) is 0 Å². The summed E-state index contributed by atoms with van der Waals surface area (Å²) in [5.41, 5.74) is 6.83. The summed E-state index contributed by atoms with van der Waals surface area (Å²) in [6, 6.07) is 13.3. The van der Waals surface area contributed by atoms with E-state index >= 15 is 0 Å². The van der Waals surface area contributed by atoms with Crippen molar-refractivity contribution in [3.8, 4) is 28.3 Å². The zero-order valence-corrected chi connectivity index (χ0v) is 22.2. The number of halogens is 3. The molecule has 11 heteroatoms. The number of aryl methyl sites for hydroxylation is 1. The molecule has 0 aliphatic carbocycles. The van der Waals surface area contributed by atoms with Crippen molar-refractivity contribution in [2.24, 2.45) is 0 Å². The highest BCUT2D eigenvalue weighted by Gasteiger charge is 2.38. The van der Waals surface area contributed by atoms with Gasteiger partial charge in [0.25, 0.3) is 6.43 Å². The zero-order chi connectivity index (χ0) is 29.0. The van der Waals surface area contributed by atoms with E-state index in [0.717, 1.165) is 0 Å². The van der Waals surface area contributed by atoms with Crippen LogP contribution in [0.4, 0.5) is 19.1 Å². The van der Waals surface area contributed by atoms with Crippen LogP contribution in [-0.2, 0) is 16.8 Å². The second kappa shape index (κ2) is 11.7. The summed E-state index contributed by atoms with van der Waals surface area (Å²) >= 11 is 0. The summed E-state index contributed by atoms with van der Waals surface area (Å²) in [5.74, 6) is -1.60. The molecule has 0 unspecified atom stereocenters. The Balaban J connectivity index is 1.83. The topological polar surface area (TPSA) is 124 Å². The van der Waals surface area contributed by atoms with Crippen LogP contribution in [-0.4, -0.2) is 31.0 Å². The lowest BCUT2D eigenvalue weighted by atomic mass is 9.79. The number of benzene rings is 1. The minimum Gasteiger partial charge on any atom is -0.481 e. The highest BCUT2D eigenvalue weighted by atomic mass is 19.3. The van der Waals surface area contributed by atoms with Gasteiger partial charge in [-0.05, 0) is 73.9 Å². The minimum atomic E-state index is -2.83. The number of anilines is 1. The third kappa shape index (κ3) is 5.73. The molecule has 3 aromatic heterocycles. The van der Waals surface area contributed by atoms with E-state index in [1.807, 2.05) is 0 Å². The van der Waals surface area contributed by atoms with Gasteiger partial charge >= 0.3 is 5.97 Å². The molecule has 4 aromatic rings. The van der Waals surface area contributed by atoms with Gasteiger partial charge in [0, 0.05) is 11.3 Å². The molecule has 0 aliphatic rings. The van der Waals surface area contributed by atoms with Crippen molar-refractivity contribution in [1.82, 2.24) is 19.9 Å². The van der Waals surface area contributed by atoms with Gasteiger partial charge in [-0.25, -0.2) is 18.2 Å².